The van der Waals surface area contributed by atoms with Crippen LogP contribution >= 0.6 is 11.3 Å². The Balaban J connectivity index is 1.45. The lowest BCUT2D eigenvalue weighted by Gasteiger charge is -2.19. The lowest BCUT2D eigenvalue weighted by molar-refractivity contribution is -0.385. The van der Waals surface area contributed by atoms with Gasteiger partial charge in [0.05, 0.1) is 4.92 Å². The van der Waals surface area contributed by atoms with Gasteiger partial charge in [-0.1, -0.05) is 6.07 Å². The van der Waals surface area contributed by atoms with Gasteiger partial charge < -0.3 is 19.9 Å². The first-order chi connectivity index (χ1) is 16.5. The molecule has 0 saturated heterocycles. The molecule has 0 amide bonds. The van der Waals surface area contributed by atoms with E-state index in [9.17, 15) is 20.0 Å². The number of ether oxygens (including phenoxy) is 2. The first kappa shape index (κ1) is 21.6. The summed E-state index contributed by atoms with van der Waals surface area (Å²) in [7, 11) is 0. The molecule has 0 fully saturated rings. The predicted octanol–water partition coefficient (Wildman–Crippen LogP) is 4.39. The predicted molar refractivity (Wildman–Crippen MR) is 126 cm³/mol. The number of nitrogens with one attached hydrogen (secondary N) is 1. The minimum atomic E-state index is -1.42. The van der Waals surface area contributed by atoms with Crippen LogP contribution in [0.5, 0.6) is 11.5 Å². The smallest absolute Gasteiger partial charge is 0.343 e. The zero-order valence-electron chi connectivity index (χ0n) is 17.7. The van der Waals surface area contributed by atoms with E-state index in [0.29, 0.717) is 48.2 Å². The van der Waals surface area contributed by atoms with E-state index in [-0.39, 0.29) is 11.4 Å². The fourth-order valence-corrected chi connectivity index (χ4v) is 4.49. The number of fused-ring (bicyclic) bond motifs is 2. The van der Waals surface area contributed by atoms with E-state index in [4.69, 9.17) is 9.47 Å². The number of benzene rings is 2. The number of hydrogen-bond acceptors (Lipinski definition) is 9. The molecule has 0 unspecified atom stereocenters. The average molecular weight is 478 g/mol. The van der Waals surface area contributed by atoms with Gasteiger partial charge in [-0.15, -0.1) is 11.3 Å². The summed E-state index contributed by atoms with van der Waals surface area (Å²) in [5.41, 5.74) is 0.512. The second-order valence-corrected chi connectivity index (χ2v) is 8.40. The molecule has 2 N–H and O–H groups in total. The maximum Gasteiger partial charge on any atom is 0.343 e. The van der Waals surface area contributed by atoms with Gasteiger partial charge in [0, 0.05) is 35.4 Å². The Bertz CT molecular complexity index is 1420. The molecule has 5 rings (SSSR count). The van der Waals surface area contributed by atoms with Crippen molar-refractivity contribution in [2.24, 2.45) is 0 Å². The molecule has 2 aromatic heterocycles. The molecular formula is C23H18N4O6S. The molecule has 1 aliphatic rings. The topological polar surface area (TPSA) is 137 Å². The number of carbonyl (C=O) groups is 1. The van der Waals surface area contributed by atoms with Crippen molar-refractivity contribution in [2.75, 3.05) is 25.1 Å². The van der Waals surface area contributed by atoms with Crippen LogP contribution in [0, 0.1) is 10.1 Å². The summed E-state index contributed by atoms with van der Waals surface area (Å²) in [4.78, 5) is 32.3. The van der Waals surface area contributed by atoms with E-state index in [1.807, 2.05) is 29.6 Å². The number of nitro groups is 1. The van der Waals surface area contributed by atoms with Crippen molar-refractivity contribution in [3.63, 3.8) is 0 Å². The van der Waals surface area contributed by atoms with Gasteiger partial charge in [0.2, 0.25) is 0 Å². The highest BCUT2D eigenvalue weighted by atomic mass is 32.1. The van der Waals surface area contributed by atoms with Crippen LogP contribution in [-0.2, 0) is 6.42 Å². The van der Waals surface area contributed by atoms with Gasteiger partial charge in [-0.3, -0.25) is 10.1 Å². The summed E-state index contributed by atoms with van der Waals surface area (Å²) in [5.74, 6) is 0.0918. The van der Waals surface area contributed by atoms with E-state index >= 15 is 0 Å². The Hall–Kier alpha value is -4.25. The van der Waals surface area contributed by atoms with Gasteiger partial charge in [0.1, 0.15) is 23.6 Å². The molecule has 0 atom stereocenters. The van der Waals surface area contributed by atoms with Gasteiger partial charge in [-0.05, 0) is 41.6 Å². The molecule has 0 aliphatic carbocycles. The van der Waals surface area contributed by atoms with Crippen LogP contribution in [0.4, 0.5) is 11.4 Å². The van der Waals surface area contributed by atoms with Crippen molar-refractivity contribution in [1.29, 1.82) is 0 Å². The van der Waals surface area contributed by atoms with Crippen LogP contribution in [0.2, 0.25) is 0 Å². The zero-order chi connectivity index (χ0) is 23.7. The lowest BCUT2D eigenvalue weighted by Crippen LogP contribution is -2.15. The molecule has 0 spiro atoms. The standard InChI is InChI=1S/C23H18N4O6S/c28-23(29)20-16(21-25-12-14-4-8-34-22(14)26-21)10-15(11-17(20)27(30)31)24-5-3-13-1-2-18-19(9-13)33-7-6-32-18/h1-2,4,8-12,24H,3,5-7H2,(H,28,29). The van der Waals surface area contributed by atoms with Gasteiger partial charge in [0.25, 0.3) is 5.69 Å². The number of aromatic carboxylic acids is 1. The Morgan fingerprint density at radius 1 is 1.18 bits per heavy atom. The van der Waals surface area contributed by atoms with Gasteiger partial charge in [0.15, 0.2) is 17.3 Å². The van der Waals surface area contributed by atoms with Gasteiger partial charge in [-0.2, -0.15) is 0 Å². The number of aromatic nitrogens is 2. The number of carboxylic acids is 1. The number of nitrogens with zero attached hydrogens (tertiary/aromatic N) is 3. The fourth-order valence-electron chi connectivity index (χ4n) is 3.75. The molecular weight excluding hydrogens is 460 g/mol. The molecule has 2 aromatic carbocycles. The summed E-state index contributed by atoms with van der Waals surface area (Å²) in [6.07, 6.45) is 2.19. The summed E-state index contributed by atoms with van der Waals surface area (Å²) < 4.78 is 11.1. The Kier molecular flexibility index (Phi) is 5.68. The number of carboxylic acid groups (broad SMARTS) is 1. The van der Waals surface area contributed by atoms with Crippen LogP contribution in [0.25, 0.3) is 21.6 Å². The van der Waals surface area contributed by atoms with Gasteiger partial charge >= 0.3 is 5.97 Å². The zero-order valence-corrected chi connectivity index (χ0v) is 18.5. The lowest BCUT2D eigenvalue weighted by atomic mass is 10.0. The molecule has 3 heterocycles. The summed E-state index contributed by atoms with van der Waals surface area (Å²) in [5, 5.41) is 27.3. The minimum Gasteiger partial charge on any atom is -0.486 e. The minimum absolute atomic E-state index is 0.0822. The maximum absolute atomic E-state index is 12.0. The third-order valence-electron chi connectivity index (χ3n) is 5.33. The fraction of sp³-hybridized carbons (Fsp3) is 0.174. The molecule has 10 nitrogen and oxygen atoms in total. The van der Waals surface area contributed by atoms with E-state index in [2.05, 4.69) is 15.3 Å². The van der Waals surface area contributed by atoms with E-state index in [1.54, 1.807) is 6.20 Å². The second kappa shape index (κ2) is 8.94. The highest BCUT2D eigenvalue weighted by Crippen LogP contribution is 2.34. The van der Waals surface area contributed by atoms with Crippen molar-refractivity contribution < 1.29 is 24.3 Å². The SMILES string of the molecule is O=C(O)c1c(-c2ncc3ccsc3n2)cc(NCCc2ccc3c(c2)OCCO3)cc1[N+](=O)[O-]. The van der Waals surface area contributed by atoms with Crippen molar-refractivity contribution in [3.8, 4) is 22.9 Å². The van der Waals surface area contributed by atoms with Crippen molar-refractivity contribution in [1.82, 2.24) is 9.97 Å². The largest absolute Gasteiger partial charge is 0.486 e. The van der Waals surface area contributed by atoms with E-state index < -0.39 is 22.1 Å². The summed E-state index contributed by atoms with van der Waals surface area (Å²) in [6, 6.07) is 10.3. The molecule has 0 radical (unpaired) electrons. The highest BCUT2D eigenvalue weighted by Gasteiger charge is 2.27. The summed E-state index contributed by atoms with van der Waals surface area (Å²) in [6.45, 7) is 1.47. The molecule has 172 valence electrons. The monoisotopic (exact) mass is 478 g/mol. The molecule has 4 aromatic rings. The van der Waals surface area contributed by atoms with Crippen LogP contribution in [0.3, 0.4) is 0 Å². The normalized spacial score (nSPS) is 12.5. The highest BCUT2D eigenvalue weighted by molar-refractivity contribution is 7.16. The molecule has 1 aliphatic heterocycles. The molecule has 0 bridgehead atoms. The molecule has 0 saturated carbocycles. The van der Waals surface area contributed by atoms with Crippen molar-refractivity contribution >= 4 is 38.9 Å². The van der Waals surface area contributed by atoms with E-state index in [0.717, 1.165) is 10.9 Å². The number of thiophene rings is 1. The van der Waals surface area contributed by atoms with Crippen molar-refractivity contribution in [3.05, 3.63) is 69.2 Å². The third kappa shape index (κ3) is 4.20. The van der Waals surface area contributed by atoms with Crippen molar-refractivity contribution in [2.45, 2.75) is 6.42 Å². The number of anilines is 1. The van der Waals surface area contributed by atoms with E-state index in [1.165, 1.54) is 23.5 Å². The number of hydrogen-bond donors (Lipinski definition) is 2. The Morgan fingerprint density at radius 2 is 2.00 bits per heavy atom. The average Bonchev–Trinajstić information content (AvgIpc) is 3.31. The Labute approximate surface area is 197 Å². The first-order valence-corrected chi connectivity index (χ1v) is 11.3. The third-order valence-corrected chi connectivity index (χ3v) is 6.15. The van der Waals surface area contributed by atoms with Crippen LogP contribution in [0.15, 0.2) is 48.0 Å². The first-order valence-electron chi connectivity index (χ1n) is 10.4. The maximum atomic E-state index is 12.0. The van der Waals surface area contributed by atoms with Crippen LogP contribution < -0.4 is 14.8 Å². The second-order valence-electron chi connectivity index (χ2n) is 7.51. The molecule has 34 heavy (non-hydrogen) atoms. The van der Waals surface area contributed by atoms with Crippen LogP contribution in [0.1, 0.15) is 15.9 Å². The van der Waals surface area contributed by atoms with Gasteiger partial charge in [-0.25, -0.2) is 14.8 Å². The number of rotatable bonds is 7. The quantitative estimate of drug-likeness (QED) is 0.293. The van der Waals surface area contributed by atoms with Crippen LogP contribution in [-0.4, -0.2) is 45.7 Å². The number of nitro benzene ring substituents is 1. The summed E-state index contributed by atoms with van der Waals surface area (Å²) >= 11 is 1.38. The Morgan fingerprint density at radius 3 is 2.79 bits per heavy atom. The molecule has 11 heteroatoms.